The van der Waals surface area contributed by atoms with Crippen molar-refractivity contribution in [1.29, 1.82) is 0 Å². The third-order valence-corrected chi connectivity index (χ3v) is 5.50. The number of likely N-dealkylation sites (tertiary alicyclic amines) is 1. The number of amides is 2. The number of nitrogens with zero attached hydrogens (tertiary/aromatic N) is 1. The molecule has 2 aromatic rings. The second-order valence-electron chi connectivity index (χ2n) is 7.69. The van der Waals surface area contributed by atoms with Gasteiger partial charge in [-0.1, -0.05) is 48.5 Å². The predicted octanol–water partition coefficient (Wildman–Crippen LogP) is 3.43. The summed E-state index contributed by atoms with van der Waals surface area (Å²) in [5, 5.41) is 6.15. The summed E-state index contributed by atoms with van der Waals surface area (Å²) in [6.45, 7) is 1.50. The number of para-hydroxylation sites is 1. The third-order valence-electron chi connectivity index (χ3n) is 5.50. The van der Waals surface area contributed by atoms with Gasteiger partial charge in [0.1, 0.15) is 0 Å². The Labute approximate surface area is 166 Å². The van der Waals surface area contributed by atoms with Crippen LogP contribution in [0.5, 0.6) is 0 Å². The first-order valence-electron chi connectivity index (χ1n) is 10.2. The Morgan fingerprint density at radius 3 is 2.50 bits per heavy atom. The van der Waals surface area contributed by atoms with E-state index in [1.807, 2.05) is 54.6 Å². The summed E-state index contributed by atoms with van der Waals surface area (Å²) in [7, 11) is 0. The van der Waals surface area contributed by atoms with Crippen molar-refractivity contribution in [2.24, 2.45) is 0 Å². The molecule has 2 aromatic carbocycles. The molecule has 1 unspecified atom stereocenters. The zero-order valence-corrected chi connectivity index (χ0v) is 16.1. The molecule has 0 bridgehead atoms. The van der Waals surface area contributed by atoms with Gasteiger partial charge in [-0.05, 0) is 43.9 Å². The first-order chi connectivity index (χ1) is 13.7. The van der Waals surface area contributed by atoms with E-state index in [1.54, 1.807) is 0 Å². The highest BCUT2D eigenvalue weighted by Gasteiger charge is 2.33. The van der Waals surface area contributed by atoms with E-state index >= 15 is 0 Å². The van der Waals surface area contributed by atoms with E-state index < -0.39 is 0 Å². The van der Waals surface area contributed by atoms with Crippen molar-refractivity contribution in [3.8, 4) is 11.1 Å². The van der Waals surface area contributed by atoms with Crippen LogP contribution in [0.4, 0.5) is 5.69 Å². The minimum absolute atomic E-state index is 0.0170. The number of anilines is 1. The molecule has 4 rings (SSSR count). The molecule has 1 aliphatic carbocycles. The van der Waals surface area contributed by atoms with Crippen molar-refractivity contribution in [2.45, 2.75) is 44.2 Å². The lowest BCUT2D eigenvalue weighted by atomic mass is 10.0. The summed E-state index contributed by atoms with van der Waals surface area (Å²) in [6, 6.07) is 18.2. The molecule has 1 saturated heterocycles. The van der Waals surface area contributed by atoms with Crippen LogP contribution in [0.3, 0.4) is 0 Å². The number of hydrogen-bond acceptors (Lipinski definition) is 3. The van der Waals surface area contributed by atoms with Gasteiger partial charge in [0, 0.05) is 30.3 Å². The molecule has 2 aliphatic rings. The molecule has 1 aliphatic heterocycles. The monoisotopic (exact) mass is 377 g/mol. The average Bonchev–Trinajstić information content (AvgIpc) is 3.40. The Kier molecular flexibility index (Phi) is 5.72. The molecule has 2 N–H and O–H groups in total. The van der Waals surface area contributed by atoms with Gasteiger partial charge in [-0.2, -0.15) is 0 Å². The summed E-state index contributed by atoms with van der Waals surface area (Å²) < 4.78 is 0. The fraction of sp³-hybridized carbons (Fsp3) is 0.391. The molecular formula is C23H27N3O2. The van der Waals surface area contributed by atoms with Crippen LogP contribution in [0, 0.1) is 0 Å². The molecular weight excluding hydrogens is 350 g/mol. The lowest BCUT2D eigenvalue weighted by Gasteiger charge is -2.23. The van der Waals surface area contributed by atoms with Gasteiger partial charge in [0.15, 0.2) is 0 Å². The van der Waals surface area contributed by atoms with Gasteiger partial charge in [-0.25, -0.2) is 0 Å². The highest BCUT2D eigenvalue weighted by molar-refractivity contribution is 5.95. The SMILES string of the molecule is O=C(CCN1CCCC1C(=O)NC1CC1)Nc1ccccc1-c1ccccc1. The van der Waals surface area contributed by atoms with Crippen LogP contribution in [0.1, 0.15) is 32.1 Å². The Hall–Kier alpha value is -2.66. The molecule has 0 aromatic heterocycles. The normalized spacial score (nSPS) is 19.4. The minimum atomic E-state index is -0.0787. The van der Waals surface area contributed by atoms with Crippen molar-refractivity contribution < 1.29 is 9.59 Å². The van der Waals surface area contributed by atoms with Crippen LogP contribution in [0.25, 0.3) is 11.1 Å². The Morgan fingerprint density at radius 2 is 1.71 bits per heavy atom. The molecule has 1 heterocycles. The molecule has 1 saturated carbocycles. The van der Waals surface area contributed by atoms with E-state index in [1.165, 1.54) is 0 Å². The van der Waals surface area contributed by atoms with E-state index in [0.717, 1.165) is 49.0 Å². The summed E-state index contributed by atoms with van der Waals surface area (Å²) in [6.07, 6.45) is 4.48. The summed E-state index contributed by atoms with van der Waals surface area (Å²) in [4.78, 5) is 27.1. The highest BCUT2D eigenvalue weighted by Crippen LogP contribution is 2.28. The van der Waals surface area contributed by atoms with E-state index in [-0.39, 0.29) is 17.9 Å². The smallest absolute Gasteiger partial charge is 0.237 e. The lowest BCUT2D eigenvalue weighted by Crippen LogP contribution is -2.44. The van der Waals surface area contributed by atoms with Crippen molar-refractivity contribution in [3.63, 3.8) is 0 Å². The summed E-state index contributed by atoms with van der Waals surface area (Å²) >= 11 is 0. The first kappa shape index (κ1) is 18.7. The summed E-state index contributed by atoms with van der Waals surface area (Å²) in [5.74, 6) is 0.117. The van der Waals surface area contributed by atoms with Gasteiger partial charge < -0.3 is 10.6 Å². The quantitative estimate of drug-likeness (QED) is 0.777. The van der Waals surface area contributed by atoms with E-state index in [0.29, 0.717) is 19.0 Å². The first-order valence-corrected chi connectivity index (χ1v) is 10.2. The van der Waals surface area contributed by atoms with Crippen LogP contribution in [-0.2, 0) is 9.59 Å². The molecule has 1 atom stereocenters. The number of benzene rings is 2. The van der Waals surface area contributed by atoms with Crippen LogP contribution in [0.2, 0.25) is 0 Å². The van der Waals surface area contributed by atoms with Gasteiger partial charge in [0.05, 0.1) is 6.04 Å². The van der Waals surface area contributed by atoms with E-state index in [2.05, 4.69) is 15.5 Å². The molecule has 28 heavy (non-hydrogen) atoms. The molecule has 0 radical (unpaired) electrons. The maximum atomic E-state index is 12.6. The number of nitrogens with one attached hydrogen (secondary N) is 2. The molecule has 5 nitrogen and oxygen atoms in total. The third kappa shape index (κ3) is 4.60. The van der Waals surface area contributed by atoms with Crippen LogP contribution < -0.4 is 10.6 Å². The molecule has 2 amide bonds. The van der Waals surface area contributed by atoms with Crippen molar-refractivity contribution in [3.05, 3.63) is 54.6 Å². The van der Waals surface area contributed by atoms with Crippen molar-refractivity contribution >= 4 is 17.5 Å². The number of carbonyl (C=O) groups excluding carboxylic acids is 2. The zero-order valence-electron chi connectivity index (χ0n) is 16.1. The van der Waals surface area contributed by atoms with Crippen LogP contribution >= 0.6 is 0 Å². The second kappa shape index (κ2) is 8.57. The molecule has 0 spiro atoms. The Balaban J connectivity index is 1.34. The average molecular weight is 377 g/mol. The number of rotatable bonds is 7. The summed E-state index contributed by atoms with van der Waals surface area (Å²) in [5.41, 5.74) is 2.91. The van der Waals surface area contributed by atoms with E-state index in [9.17, 15) is 9.59 Å². The molecule has 5 heteroatoms. The maximum Gasteiger partial charge on any atom is 0.237 e. The van der Waals surface area contributed by atoms with Gasteiger partial charge in [0.2, 0.25) is 11.8 Å². The minimum Gasteiger partial charge on any atom is -0.352 e. The number of hydrogen-bond donors (Lipinski definition) is 2. The largest absolute Gasteiger partial charge is 0.352 e. The van der Waals surface area contributed by atoms with Gasteiger partial charge in [-0.15, -0.1) is 0 Å². The van der Waals surface area contributed by atoms with Gasteiger partial charge in [0.25, 0.3) is 0 Å². The Morgan fingerprint density at radius 1 is 0.964 bits per heavy atom. The molecule has 146 valence electrons. The highest BCUT2D eigenvalue weighted by atomic mass is 16.2. The maximum absolute atomic E-state index is 12.6. The zero-order chi connectivity index (χ0) is 19.3. The van der Waals surface area contributed by atoms with Gasteiger partial charge >= 0.3 is 0 Å². The fourth-order valence-corrected chi connectivity index (χ4v) is 3.84. The van der Waals surface area contributed by atoms with E-state index in [4.69, 9.17) is 0 Å². The fourth-order valence-electron chi connectivity index (χ4n) is 3.84. The Bertz CT molecular complexity index is 833. The van der Waals surface area contributed by atoms with Gasteiger partial charge in [-0.3, -0.25) is 14.5 Å². The lowest BCUT2D eigenvalue weighted by molar-refractivity contribution is -0.126. The van der Waals surface area contributed by atoms with Crippen molar-refractivity contribution in [1.82, 2.24) is 10.2 Å². The number of carbonyl (C=O) groups is 2. The predicted molar refractivity (Wildman–Crippen MR) is 111 cm³/mol. The van der Waals surface area contributed by atoms with Crippen LogP contribution in [0.15, 0.2) is 54.6 Å². The van der Waals surface area contributed by atoms with Crippen molar-refractivity contribution in [2.75, 3.05) is 18.4 Å². The van der Waals surface area contributed by atoms with Crippen LogP contribution in [-0.4, -0.2) is 41.9 Å². The standard InChI is InChI=1S/C23H27N3O2/c27-22(14-16-26-15-6-11-21(26)23(28)24-18-12-13-18)25-20-10-5-4-9-19(20)17-7-2-1-3-8-17/h1-5,7-10,18,21H,6,11-16H2,(H,24,28)(H,25,27). The topological polar surface area (TPSA) is 61.4 Å². The second-order valence-corrected chi connectivity index (χ2v) is 7.69. The molecule has 2 fully saturated rings.